The molecule has 0 aromatic carbocycles. The van der Waals surface area contributed by atoms with E-state index in [2.05, 4.69) is 16.8 Å². The number of ketones is 1. The Labute approximate surface area is 99.5 Å². The first kappa shape index (κ1) is 10.3. The van der Waals surface area contributed by atoms with Crippen molar-refractivity contribution in [3.63, 3.8) is 0 Å². The highest BCUT2D eigenvalue weighted by Crippen LogP contribution is 2.37. The lowest BCUT2D eigenvalue weighted by molar-refractivity contribution is 0.0976. The summed E-state index contributed by atoms with van der Waals surface area (Å²) in [6, 6.07) is 0.688. The molecule has 1 fully saturated rings. The van der Waals surface area contributed by atoms with Crippen LogP contribution in [0.1, 0.15) is 48.0 Å². The summed E-state index contributed by atoms with van der Waals surface area (Å²) in [7, 11) is 0. The number of fused-ring (bicyclic) bond motifs is 1. The molecule has 0 aliphatic heterocycles. The monoisotopic (exact) mass is 236 g/mol. The third-order valence-electron chi connectivity index (χ3n) is 3.33. The van der Waals surface area contributed by atoms with Crippen molar-refractivity contribution in [2.75, 3.05) is 11.4 Å². The van der Waals surface area contributed by atoms with Crippen LogP contribution < -0.4 is 4.90 Å². The van der Waals surface area contributed by atoms with E-state index >= 15 is 0 Å². The maximum absolute atomic E-state index is 11.7. The van der Waals surface area contributed by atoms with Crippen molar-refractivity contribution >= 4 is 22.3 Å². The number of hydrogen-bond acceptors (Lipinski definition) is 4. The molecule has 0 atom stereocenters. The molecule has 86 valence electrons. The molecule has 3 nitrogen and oxygen atoms in total. The second-order valence-corrected chi connectivity index (χ2v) is 5.54. The van der Waals surface area contributed by atoms with Gasteiger partial charge in [0.05, 0.1) is 10.6 Å². The van der Waals surface area contributed by atoms with Gasteiger partial charge in [-0.3, -0.25) is 4.79 Å². The predicted octanol–water partition coefficient (Wildman–Crippen LogP) is 2.65. The molecule has 0 radical (unpaired) electrons. The van der Waals surface area contributed by atoms with Crippen molar-refractivity contribution < 1.29 is 4.79 Å². The Morgan fingerprint density at radius 2 is 2.25 bits per heavy atom. The van der Waals surface area contributed by atoms with E-state index in [1.54, 1.807) is 11.3 Å². The molecule has 0 bridgehead atoms. The van der Waals surface area contributed by atoms with E-state index in [-0.39, 0.29) is 0 Å². The van der Waals surface area contributed by atoms with Crippen molar-refractivity contribution in [3.8, 4) is 0 Å². The maximum Gasteiger partial charge on any atom is 0.186 e. The highest BCUT2D eigenvalue weighted by Gasteiger charge is 2.32. The molecule has 0 unspecified atom stereocenters. The summed E-state index contributed by atoms with van der Waals surface area (Å²) >= 11 is 1.61. The van der Waals surface area contributed by atoms with E-state index in [9.17, 15) is 4.79 Å². The second kappa shape index (κ2) is 3.84. The molecule has 3 rings (SSSR count). The van der Waals surface area contributed by atoms with Crippen molar-refractivity contribution in [2.24, 2.45) is 0 Å². The van der Waals surface area contributed by atoms with E-state index in [0.717, 1.165) is 35.1 Å². The van der Waals surface area contributed by atoms with E-state index in [1.807, 2.05) is 0 Å². The van der Waals surface area contributed by atoms with E-state index < -0.39 is 0 Å². The number of carbonyl (C=O) groups is 1. The van der Waals surface area contributed by atoms with E-state index in [4.69, 9.17) is 0 Å². The summed E-state index contributed by atoms with van der Waals surface area (Å²) in [5, 5.41) is 1.07. The summed E-state index contributed by atoms with van der Waals surface area (Å²) in [5.41, 5.74) is 1.05. The highest BCUT2D eigenvalue weighted by atomic mass is 32.1. The van der Waals surface area contributed by atoms with Crippen molar-refractivity contribution in [1.82, 2.24) is 4.98 Å². The molecule has 0 N–H and O–H groups in total. The second-order valence-electron chi connectivity index (χ2n) is 4.57. The Balaban J connectivity index is 1.93. The van der Waals surface area contributed by atoms with Gasteiger partial charge in [0.25, 0.3) is 0 Å². The standard InChI is InChI=1S/C12H16N2OS/c1-2-14(8-6-7-8)12-13-9-4-3-5-10(15)11(9)16-12/h8H,2-7H2,1H3. The fourth-order valence-corrected chi connectivity index (χ4v) is 3.53. The molecule has 1 saturated carbocycles. The van der Waals surface area contributed by atoms with Gasteiger partial charge in [0.2, 0.25) is 0 Å². The fourth-order valence-electron chi connectivity index (χ4n) is 2.32. The van der Waals surface area contributed by atoms with Gasteiger partial charge < -0.3 is 4.90 Å². The lowest BCUT2D eigenvalue weighted by atomic mass is 10.0. The quantitative estimate of drug-likeness (QED) is 0.809. The minimum absolute atomic E-state index is 0.303. The number of Topliss-reactive ketones (excluding diaryl/α,β-unsaturated/α-hetero) is 1. The number of hydrogen-bond donors (Lipinski definition) is 0. The fraction of sp³-hybridized carbons (Fsp3) is 0.667. The van der Waals surface area contributed by atoms with Crippen molar-refractivity contribution in [1.29, 1.82) is 0 Å². The van der Waals surface area contributed by atoms with Crippen LogP contribution in [0, 0.1) is 0 Å². The van der Waals surface area contributed by atoms with Crippen molar-refractivity contribution in [3.05, 3.63) is 10.6 Å². The normalized spacial score (nSPS) is 19.7. The van der Waals surface area contributed by atoms with Gasteiger partial charge >= 0.3 is 0 Å². The lowest BCUT2D eigenvalue weighted by Crippen LogP contribution is -2.24. The molecular weight excluding hydrogens is 220 g/mol. The summed E-state index contributed by atoms with van der Waals surface area (Å²) < 4.78 is 0. The molecule has 0 spiro atoms. The van der Waals surface area contributed by atoms with Gasteiger partial charge in [0.15, 0.2) is 10.9 Å². The summed E-state index contributed by atoms with van der Waals surface area (Å²) in [4.78, 5) is 19.7. The number of aryl methyl sites for hydroxylation is 1. The zero-order valence-corrected chi connectivity index (χ0v) is 10.3. The molecule has 1 aromatic heterocycles. The molecule has 4 heteroatoms. The largest absolute Gasteiger partial charge is 0.345 e. The first-order valence-corrected chi connectivity index (χ1v) is 6.90. The Bertz CT molecular complexity index is 423. The van der Waals surface area contributed by atoms with Crippen LogP contribution in [0.25, 0.3) is 0 Å². The molecule has 16 heavy (non-hydrogen) atoms. The first-order valence-electron chi connectivity index (χ1n) is 6.09. The van der Waals surface area contributed by atoms with Crippen molar-refractivity contribution in [2.45, 2.75) is 45.1 Å². The zero-order valence-electron chi connectivity index (χ0n) is 9.53. The van der Waals surface area contributed by atoms with Gasteiger partial charge in [0.1, 0.15) is 0 Å². The third-order valence-corrected chi connectivity index (χ3v) is 4.51. The average Bonchev–Trinajstić information content (AvgIpc) is 2.99. The van der Waals surface area contributed by atoms with Gasteiger partial charge in [-0.2, -0.15) is 0 Å². The van der Waals surface area contributed by atoms with Gasteiger partial charge in [-0.05, 0) is 32.6 Å². The summed E-state index contributed by atoms with van der Waals surface area (Å²) in [6.45, 7) is 3.17. The summed E-state index contributed by atoms with van der Waals surface area (Å²) in [5.74, 6) is 0.303. The molecule has 0 amide bonds. The van der Waals surface area contributed by atoms with Crippen LogP contribution >= 0.6 is 11.3 Å². The number of thiazole rings is 1. The van der Waals surface area contributed by atoms with Crippen LogP contribution in [0.2, 0.25) is 0 Å². The third kappa shape index (κ3) is 1.65. The van der Waals surface area contributed by atoms with Crippen LogP contribution in [-0.4, -0.2) is 23.4 Å². The molecule has 1 aromatic rings. The summed E-state index contributed by atoms with van der Waals surface area (Å²) in [6.07, 6.45) is 5.24. The van der Waals surface area contributed by atoms with Gasteiger partial charge in [-0.1, -0.05) is 11.3 Å². The van der Waals surface area contributed by atoms with Crippen LogP contribution in [-0.2, 0) is 6.42 Å². The Kier molecular flexibility index (Phi) is 2.46. The zero-order chi connectivity index (χ0) is 11.1. The van der Waals surface area contributed by atoms with Gasteiger partial charge in [-0.15, -0.1) is 0 Å². The topological polar surface area (TPSA) is 33.2 Å². The Hall–Kier alpha value is -0.900. The average molecular weight is 236 g/mol. The van der Waals surface area contributed by atoms with E-state index in [1.165, 1.54) is 12.8 Å². The van der Waals surface area contributed by atoms with Crippen LogP contribution in [0.5, 0.6) is 0 Å². The van der Waals surface area contributed by atoms with Crippen LogP contribution in [0.15, 0.2) is 0 Å². The smallest absolute Gasteiger partial charge is 0.186 e. The van der Waals surface area contributed by atoms with Crippen LogP contribution in [0.3, 0.4) is 0 Å². The predicted molar refractivity (Wildman–Crippen MR) is 65.4 cm³/mol. The minimum atomic E-state index is 0.303. The first-order chi connectivity index (χ1) is 7.79. The Morgan fingerprint density at radius 3 is 2.88 bits per heavy atom. The van der Waals surface area contributed by atoms with Gasteiger partial charge in [0, 0.05) is 19.0 Å². The molecule has 1 heterocycles. The SMILES string of the molecule is CCN(c1nc2c(s1)C(=O)CCC2)C1CC1. The molecule has 2 aliphatic rings. The van der Waals surface area contributed by atoms with E-state index in [0.29, 0.717) is 18.2 Å². The minimum Gasteiger partial charge on any atom is -0.345 e. The lowest BCUT2D eigenvalue weighted by Gasteiger charge is -2.18. The highest BCUT2D eigenvalue weighted by molar-refractivity contribution is 7.17. The van der Waals surface area contributed by atoms with Gasteiger partial charge in [-0.25, -0.2) is 4.98 Å². The molecular formula is C12H16N2OS. The Morgan fingerprint density at radius 1 is 1.44 bits per heavy atom. The maximum atomic E-state index is 11.7. The molecule has 0 saturated heterocycles. The number of aromatic nitrogens is 1. The number of rotatable bonds is 3. The van der Waals surface area contributed by atoms with Crippen LogP contribution in [0.4, 0.5) is 5.13 Å². The number of carbonyl (C=O) groups excluding carboxylic acids is 1. The molecule has 2 aliphatic carbocycles. The number of nitrogens with zero attached hydrogens (tertiary/aromatic N) is 2. The number of anilines is 1.